The summed E-state index contributed by atoms with van der Waals surface area (Å²) in [6.07, 6.45) is 4.64. The first kappa shape index (κ1) is 15.6. The molecule has 0 radical (unpaired) electrons. The van der Waals surface area contributed by atoms with Crippen LogP contribution in [-0.4, -0.2) is 15.4 Å². The summed E-state index contributed by atoms with van der Waals surface area (Å²) in [4.78, 5) is 6.68. The molecule has 0 aliphatic heterocycles. The van der Waals surface area contributed by atoms with Gasteiger partial charge in [-0.15, -0.1) is 11.3 Å². The number of aryl methyl sites for hydroxylation is 2. The molecule has 4 rings (SSSR count). The molecule has 0 saturated heterocycles. The highest BCUT2D eigenvalue weighted by Gasteiger charge is 2.24. The van der Waals surface area contributed by atoms with Crippen molar-refractivity contribution < 1.29 is 8.78 Å². The van der Waals surface area contributed by atoms with Crippen molar-refractivity contribution in [2.45, 2.75) is 45.6 Å². The van der Waals surface area contributed by atoms with Crippen LogP contribution in [0, 0.1) is 25.5 Å². The second kappa shape index (κ2) is 5.84. The summed E-state index contributed by atoms with van der Waals surface area (Å²) in [5, 5.41) is 3.57. The highest BCUT2D eigenvalue weighted by atomic mass is 32.1. The monoisotopic (exact) mass is 347 g/mol. The van der Waals surface area contributed by atoms with Crippen LogP contribution in [0.15, 0.2) is 18.2 Å². The van der Waals surface area contributed by atoms with E-state index in [9.17, 15) is 8.78 Å². The number of benzene rings is 1. The first-order valence-corrected chi connectivity index (χ1v) is 9.06. The molecule has 0 spiro atoms. The van der Waals surface area contributed by atoms with Crippen LogP contribution in [0.5, 0.6) is 0 Å². The predicted molar refractivity (Wildman–Crippen MR) is 93.8 cm³/mol. The van der Waals surface area contributed by atoms with Crippen LogP contribution in [0.25, 0.3) is 16.2 Å². The molecule has 1 aliphatic rings. The molecule has 1 saturated carbocycles. The van der Waals surface area contributed by atoms with Gasteiger partial charge in [-0.05, 0) is 38.8 Å². The van der Waals surface area contributed by atoms with E-state index in [-0.39, 0.29) is 0 Å². The van der Waals surface area contributed by atoms with Crippen molar-refractivity contribution in [1.82, 2.24) is 9.38 Å². The molecular formula is C18H19F2N3S. The topological polar surface area (TPSA) is 29.3 Å². The van der Waals surface area contributed by atoms with Crippen molar-refractivity contribution >= 4 is 22.1 Å². The summed E-state index contributed by atoms with van der Waals surface area (Å²) in [6, 6.07) is 4.05. The van der Waals surface area contributed by atoms with Crippen LogP contribution in [0.2, 0.25) is 0 Å². The Morgan fingerprint density at radius 1 is 1.21 bits per heavy atom. The van der Waals surface area contributed by atoms with Crippen LogP contribution >= 0.6 is 11.3 Å². The fraction of sp³-hybridized carbons (Fsp3) is 0.389. The Morgan fingerprint density at radius 3 is 2.67 bits per heavy atom. The van der Waals surface area contributed by atoms with Crippen molar-refractivity contribution in [3.05, 3.63) is 40.4 Å². The van der Waals surface area contributed by atoms with Gasteiger partial charge in [0, 0.05) is 28.2 Å². The maximum atomic E-state index is 14.3. The van der Waals surface area contributed by atoms with Gasteiger partial charge >= 0.3 is 0 Å². The molecule has 1 N–H and O–H groups in total. The van der Waals surface area contributed by atoms with Gasteiger partial charge in [-0.25, -0.2) is 13.8 Å². The Bertz CT molecular complexity index is 907. The number of anilines is 1. The quantitative estimate of drug-likeness (QED) is 0.695. The first-order chi connectivity index (χ1) is 11.5. The van der Waals surface area contributed by atoms with Crippen LogP contribution in [0.1, 0.15) is 36.3 Å². The number of fused-ring (bicyclic) bond motifs is 1. The molecule has 0 bridgehead atoms. The molecule has 0 unspecified atom stereocenters. The number of aromatic nitrogens is 2. The van der Waals surface area contributed by atoms with E-state index in [1.807, 2.05) is 6.92 Å². The maximum absolute atomic E-state index is 14.3. The molecule has 2 aromatic heterocycles. The Labute approximate surface area is 143 Å². The van der Waals surface area contributed by atoms with E-state index < -0.39 is 11.6 Å². The van der Waals surface area contributed by atoms with Crippen molar-refractivity contribution in [2.24, 2.45) is 0 Å². The van der Waals surface area contributed by atoms with Gasteiger partial charge in [0.25, 0.3) is 0 Å². The van der Waals surface area contributed by atoms with Gasteiger partial charge in [-0.3, -0.25) is 4.40 Å². The maximum Gasteiger partial charge on any atom is 0.196 e. The van der Waals surface area contributed by atoms with Crippen molar-refractivity contribution in [2.75, 3.05) is 5.32 Å². The van der Waals surface area contributed by atoms with Gasteiger partial charge in [0.05, 0.1) is 0 Å². The molecule has 126 valence electrons. The lowest BCUT2D eigenvalue weighted by molar-refractivity contribution is 0.585. The van der Waals surface area contributed by atoms with E-state index in [1.165, 1.54) is 29.9 Å². The van der Waals surface area contributed by atoms with Crippen LogP contribution < -0.4 is 5.32 Å². The molecule has 0 amide bonds. The van der Waals surface area contributed by atoms with Gasteiger partial charge in [0.15, 0.2) is 4.96 Å². The normalized spacial score (nSPS) is 15.5. The fourth-order valence-corrected chi connectivity index (χ4v) is 4.38. The van der Waals surface area contributed by atoms with Gasteiger partial charge in [-0.2, -0.15) is 0 Å². The SMILES string of the molecule is Cc1sc2nc(-c3ccc(F)cc3F)c(NC3CCCC3)n2c1C. The second-order valence-electron chi connectivity index (χ2n) is 6.42. The van der Waals surface area contributed by atoms with Crippen LogP contribution in [0.4, 0.5) is 14.6 Å². The molecule has 2 heterocycles. The number of thiazole rings is 1. The highest BCUT2D eigenvalue weighted by Crippen LogP contribution is 2.37. The zero-order valence-corrected chi connectivity index (χ0v) is 14.5. The molecule has 0 atom stereocenters. The van der Waals surface area contributed by atoms with E-state index in [0.29, 0.717) is 17.3 Å². The molecular weight excluding hydrogens is 328 g/mol. The Balaban J connectivity index is 1.90. The molecule has 1 fully saturated rings. The van der Waals surface area contributed by atoms with E-state index in [0.717, 1.165) is 35.4 Å². The average Bonchev–Trinajstić information content (AvgIpc) is 3.21. The zero-order chi connectivity index (χ0) is 16.8. The lowest BCUT2D eigenvalue weighted by Gasteiger charge is -2.15. The molecule has 3 nitrogen and oxygen atoms in total. The summed E-state index contributed by atoms with van der Waals surface area (Å²) in [5.41, 5.74) is 2.01. The number of halogens is 2. The van der Waals surface area contributed by atoms with Gasteiger partial charge < -0.3 is 5.32 Å². The molecule has 1 aromatic carbocycles. The standard InChI is InChI=1S/C18H19F2N3S/c1-10-11(2)24-18-22-16(14-8-7-12(19)9-15(14)20)17(23(10)18)21-13-5-3-4-6-13/h7-9,13,21H,3-6H2,1-2H3. The fourth-order valence-electron chi connectivity index (χ4n) is 3.41. The van der Waals surface area contributed by atoms with E-state index in [4.69, 9.17) is 0 Å². The molecule has 3 aromatic rings. The second-order valence-corrected chi connectivity index (χ2v) is 7.60. The first-order valence-electron chi connectivity index (χ1n) is 8.25. The minimum absolute atomic E-state index is 0.338. The number of hydrogen-bond donors (Lipinski definition) is 1. The van der Waals surface area contributed by atoms with Gasteiger partial charge in [-0.1, -0.05) is 12.8 Å². The van der Waals surface area contributed by atoms with E-state index in [1.54, 1.807) is 11.3 Å². The third-order valence-corrected chi connectivity index (χ3v) is 5.88. The number of imidazole rings is 1. The summed E-state index contributed by atoms with van der Waals surface area (Å²) in [7, 11) is 0. The van der Waals surface area contributed by atoms with Crippen molar-refractivity contribution in [1.29, 1.82) is 0 Å². The third-order valence-electron chi connectivity index (χ3n) is 4.82. The largest absolute Gasteiger partial charge is 0.367 e. The molecule has 1 aliphatic carbocycles. The van der Waals surface area contributed by atoms with Gasteiger partial charge in [0.2, 0.25) is 0 Å². The van der Waals surface area contributed by atoms with E-state index in [2.05, 4.69) is 21.6 Å². The summed E-state index contributed by atoms with van der Waals surface area (Å²) in [6.45, 7) is 4.11. The lowest BCUT2D eigenvalue weighted by atomic mass is 10.1. The number of nitrogens with one attached hydrogen (secondary N) is 1. The Morgan fingerprint density at radius 2 is 1.96 bits per heavy atom. The summed E-state index contributed by atoms with van der Waals surface area (Å²) >= 11 is 1.59. The number of rotatable bonds is 3. The zero-order valence-electron chi connectivity index (χ0n) is 13.7. The number of nitrogens with zero attached hydrogens (tertiary/aromatic N) is 2. The van der Waals surface area contributed by atoms with E-state index >= 15 is 0 Å². The van der Waals surface area contributed by atoms with Crippen LogP contribution in [0.3, 0.4) is 0 Å². The van der Waals surface area contributed by atoms with Crippen molar-refractivity contribution in [3.8, 4) is 11.3 Å². The van der Waals surface area contributed by atoms with Gasteiger partial charge in [0.1, 0.15) is 23.1 Å². The Kier molecular flexibility index (Phi) is 3.79. The Hall–Kier alpha value is -1.95. The molecule has 6 heteroatoms. The van der Waals surface area contributed by atoms with Crippen LogP contribution in [-0.2, 0) is 0 Å². The minimum atomic E-state index is -0.579. The summed E-state index contributed by atoms with van der Waals surface area (Å²) < 4.78 is 29.7. The molecule has 24 heavy (non-hydrogen) atoms. The summed E-state index contributed by atoms with van der Waals surface area (Å²) in [5.74, 6) is -0.330. The third kappa shape index (κ3) is 2.49. The lowest BCUT2D eigenvalue weighted by Crippen LogP contribution is -2.16. The smallest absolute Gasteiger partial charge is 0.196 e. The van der Waals surface area contributed by atoms with Crippen molar-refractivity contribution in [3.63, 3.8) is 0 Å². The predicted octanol–water partition coefficient (Wildman–Crippen LogP) is 5.31. The number of hydrogen-bond acceptors (Lipinski definition) is 3. The highest BCUT2D eigenvalue weighted by molar-refractivity contribution is 7.17. The average molecular weight is 347 g/mol. The minimum Gasteiger partial charge on any atom is -0.367 e.